The first-order valence-corrected chi connectivity index (χ1v) is 10.4. The molecule has 0 aliphatic rings. The van der Waals surface area contributed by atoms with Crippen LogP contribution in [-0.4, -0.2) is 26.4 Å². The molecule has 144 valence electrons. The third-order valence-corrected chi connectivity index (χ3v) is 5.08. The molecular weight excluding hydrogens is 356 g/mol. The summed E-state index contributed by atoms with van der Waals surface area (Å²) in [6, 6.07) is 7.94. The number of benzene rings is 1. The molecule has 0 saturated heterocycles. The Morgan fingerprint density at radius 3 is 2.52 bits per heavy atom. The zero-order valence-electron chi connectivity index (χ0n) is 16.5. The molecule has 0 unspecified atom stereocenters. The first-order valence-electron chi connectivity index (χ1n) is 9.40. The van der Waals surface area contributed by atoms with Gasteiger partial charge in [0.15, 0.2) is 11.0 Å². The van der Waals surface area contributed by atoms with Crippen molar-refractivity contribution >= 4 is 28.9 Å². The predicted octanol–water partition coefficient (Wildman–Crippen LogP) is 4.96. The zero-order valence-corrected chi connectivity index (χ0v) is 17.3. The first kappa shape index (κ1) is 21.0. The Balaban J connectivity index is 2.02. The van der Waals surface area contributed by atoms with Crippen molar-refractivity contribution in [1.29, 1.82) is 0 Å². The smallest absolute Gasteiger partial charge is 0.234 e. The minimum absolute atomic E-state index is 0.0476. The molecule has 1 amide bonds. The van der Waals surface area contributed by atoms with Crippen molar-refractivity contribution in [1.82, 2.24) is 14.8 Å². The highest BCUT2D eigenvalue weighted by molar-refractivity contribution is 7.99. The highest BCUT2D eigenvalue weighted by atomic mass is 32.2. The molecule has 0 spiro atoms. The van der Waals surface area contributed by atoms with Crippen LogP contribution in [-0.2, 0) is 17.8 Å². The lowest BCUT2D eigenvalue weighted by atomic mass is 10.1. The Kier molecular flexibility index (Phi) is 8.33. The number of allylic oxidation sites excluding steroid dienone is 4. The Bertz CT molecular complexity index is 806. The molecule has 27 heavy (non-hydrogen) atoms. The number of carbonyl (C=O) groups excluding carboxylic acids is 1. The highest BCUT2D eigenvalue weighted by Gasteiger charge is 2.14. The summed E-state index contributed by atoms with van der Waals surface area (Å²) < 4.78 is 2.04. The third kappa shape index (κ3) is 5.82. The summed E-state index contributed by atoms with van der Waals surface area (Å²) in [7, 11) is 0. The number of aryl methyl sites for hydroxylation is 1. The maximum absolute atomic E-state index is 12.3. The van der Waals surface area contributed by atoms with E-state index in [0.717, 1.165) is 41.6 Å². The second-order valence-corrected chi connectivity index (χ2v) is 6.93. The van der Waals surface area contributed by atoms with Gasteiger partial charge in [-0.05, 0) is 44.4 Å². The van der Waals surface area contributed by atoms with Crippen LogP contribution in [0.2, 0.25) is 0 Å². The number of thioether (sulfide) groups is 1. The topological polar surface area (TPSA) is 59.8 Å². The quantitative estimate of drug-likeness (QED) is 0.490. The summed E-state index contributed by atoms with van der Waals surface area (Å²) in [5, 5.41) is 12.3. The number of hydrogen-bond acceptors (Lipinski definition) is 4. The summed E-state index contributed by atoms with van der Waals surface area (Å²) in [4.78, 5) is 12.3. The molecule has 0 fully saturated rings. The van der Waals surface area contributed by atoms with Crippen molar-refractivity contribution in [2.24, 2.45) is 0 Å². The lowest BCUT2D eigenvalue weighted by molar-refractivity contribution is -0.113. The Hall–Kier alpha value is -2.34. The molecule has 0 aliphatic heterocycles. The summed E-state index contributed by atoms with van der Waals surface area (Å²) >= 11 is 1.41. The summed E-state index contributed by atoms with van der Waals surface area (Å²) in [6.07, 6.45) is 8.16. The lowest BCUT2D eigenvalue weighted by Crippen LogP contribution is -2.14. The van der Waals surface area contributed by atoms with E-state index in [-0.39, 0.29) is 5.91 Å². The van der Waals surface area contributed by atoms with Crippen molar-refractivity contribution in [3.8, 4) is 0 Å². The van der Waals surface area contributed by atoms with Crippen LogP contribution in [0.1, 0.15) is 45.5 Å². The van der Waals surface area contributed by atoms with Crippen LogP contribution in [0.5, 0.6) is 0 Å². The van der Waals surface area contributed by atoms with Crippen LogP contribution in [0.3, 0.4) is 0 Å². The van der Waals surface area contributed by atoms with E-state index in [1.54, 1.807) is 0 Å². The predicted molar refractivity (Wildman–Crippen MR) is 114 cm³/mol. The molecule has 5 nitrogen and oxygen atoms in total. The van der Waals surface area contributed by atoms with Gasteiger partial charge < -0.3 is 9.88 Å². The van der Waals surface area contributed by atoms with Crippen molar-refractivity contribution in [3.63, 3.8) is 0 Å². The molecular formula is C21H28N4OS. The number of aromatic nitrogens is 3. The van der Waals surface area contributed by atoms with Gasteiger partial charge in [0.05, 0.1) is 5.75 Å². The van der Waals surface area contributed by atoms with Crippen LogP contribution in [0.4, 0.5) is 5.69 Å². The van der Waals surface area contributed by atoms with Gasteiger partial charge in [-0.15, -0.1) is 10.2 Å². The number of carbonyl (C=O) groups is 1. The van der Waals surface area contributed by atoms with Gasteiger partial charge in [-0.1, -0.05) is 56.0 Å². The van der Waals surface area contributed by atoms with Crippen LogP contribution in [0.15, 0.2) is 47.6 Å². The standard InChI is InChI=1S/C21H28N4OS/c1-5-9-10-17(7-3)20-23-24-21(25(20)8-4)27-15-19(26)22-18-13-11-16(6-2)12-14-18/h7,9-14H,5-6,8,15H2,1-4H3,(H,22,26)/b10-9-,17-7+. The molecule has 1 aromatic carbocycles. The fourth-order valence-electron chi connectivity index (χ4n) is 2.59. The van der Waals surface area contributed by atoms with E-state index in [1.165, 1.54) is 17.3 Å². The Morgan fingerprint density at radius 2 is 1.93 bits per heavy atom. The van der Waals surface area contributed by atoms with Gasteiger partial charge in [-0.3, -0.25) is 4.79 Å². The second-order valence-electron chi connectivity index (χ2n) is 5.99. The lowest BCUT2D eigenvalue weighted by Gasteiger charge is -2.08. The normalized spacial score (nSPS) is 11.9. The van der Waals surface area contributed by atoms with Gasteiger partial charge in [-0.25, -0.2) is 0 Å². The van der Waals surface area contributed by atoms with Gasteiger partial charge in [-0.2, -0.15) is 0 Å². The average Bonchev–Trinajstić information content (AvgIpc) is 3.10. The van der Waals surface area contributed by atoms with E-state index >= 15 is 0 Å². The van der Waals surface area contributed by atoms with Gasteiger partial charge in [0.2, 0.25) is 5.91 Å². The number of rotatable bonds is 9. The van der Waals surface area contributed by atoms with Crippen LogP contribution >= 0.6 is 11.8 Å². The number of anilines is 1. The van der Waals surface area contributed by atoms with Crippen LogP contribution in [0, 0.1) is 0 Å². The maximum Gasteiger partial charge on any atom is 0.234 e. The fraction of sp³-hybridized carbons (Fsp3) is 0.381. The van der Waals surface area contributed by atoms with E-state index in [2.05, 4.69) is 48.4 Å². The van der Waals surface area contributed by atoms with Gasteiger partial charge in [0.25, 0.3) is 0 Å². The molecule has 1 aromatic heterocycles. The fourth-order valence-corrected chi connectivity index (χ4v) is 3.39. The minimum atomic E-state index is -0.0476. The molecule has 0 atom stereocenters. The Morgan fingerprint density at radius 1 is 1.19 bits per heavy atom. The van der Waals surface area contributed by atoms with Crippen molar-refractivity contribution in [3.05, 3.63) is 53.9 Å². The van der Waals surface area contributed by atoms with Gasteiger partial charge >= 0.3 is 0 Å². The van der Waals surface area contributed by atoms with Gasteiger partial charge in [0.1, 0.15) is 0 Å². The number of nitrogens with zero attached hydrogens (tertiary/aromatic N) is 3. The molecule has 0 aliphatic carbocycles. The molecule has 6 heteroatoms. The Labute approximate surface area is 166 Å². The van der Waals surface area contributed by atoms with Crippen molar-refractivity contribution < 1.29 is 4.79 Å². The molecule has 1 N–H and O–H groups in total. The number of amides is 1. The highest BCUT2D eigenvalue weighted by Crippen LogP contribution is 2.22. The van der Waals surface area contributed by atoms with E-state index < -0.39 is 0 Å². The molecule has 0 bridgehead atoms. The van der Waals surface area contributed by atoms with Crippen LogP contribution in [0.25, 0.3) is 5.57 Å². The average molecular weight is 385 g/mol. The second kappa shape index (κ2) is 10.7. The van der Waals surface area contributed by atoms with E-state index in [9.17, 15) is 4.79 Å². The number of hydrogen-bond donors (Lipinski definition) is 1. The summed E-state index contributed by atoms with van der Waals surface area (Å²) in [6.45, 7) is 9.02. The number of nitrogens with one attached hydrogen (secondary N) is 1. The van der Waals surface area contributed by atoms with Crippen molar-refractivity contribution in [2.75, 3.05) is 11.1 Å². The molecule has 2 rings (SSSR count). The van der Waals surface area contributed by atoms with Crippen LogP contribution < -0.4 is 5.32 Å². The van der Waals surface area contributed by atoms with E-state index in [4.69, 9.17) is 0 Å². The zero-order chi connectivity index (χ0) is 19.6. The van der Waals surface area contributed by atoms with E-state index in [1.807, 2.05) is 41.8 Å². The monoisotopic (exact) mass is 384 g/mol. The molecule has 0 radical (unpaired) electrons. The maximum atomic E-state index is 12.3. The third-order valence-electron chi connectivity index (χ3n) is 4.11. The van der Waals surface area contributed by atoms with E-state index in [0.29, 0.717) is 5.75 Å². The molecule has 1 heterocycles. The summed E-state index contributed by atoms with van der Waals surface area (Å²) in [5.74, 6) is 1.08. The SMILES string of the molecule is C/C=C(\C=C/CC)c1nnc(SCC(=O)Nc2ccc(CC)cc2)n1CC. The first-order chi connectivity index (χ1) is 13.1. The largest absolute Gasteiger partial charge is 0.325 e. The molecule has 2 aromatic rings. The minimum Gasteiger partial charge on any atom is -0.325 e. The summed E-state index contributed by atoms with van der Waals surface area (Å²) in [5.41, 5.74) is 3.11. The van der Waals surface area contributed by atoms with Gasteiger partial charge in [0, 0.05) is 17.8 Å². The van der Waals surface area contributed by atoms with Crippen molar-refractivity contribution in [2.45, 2.75) is 52.2 Å². The molecule has 0 saturated carbocycles.